The molecule has 0 amide bonds. The predicted octanol–water partition coefficient (Wildman–Crippen LogP) is 2.74. The largest absolute Gasteiger partial charge is 0.465 e. The Labute approximate surface area is 104 Å². The lowest BCUT2D eigenvalue weighted by molar-refractivity contribution is -0.150. The summed E-state index contributed by atoms with van der Waals surface area (Å²) in [6.45, 7) is 4.53. The molecule has 0 fully saturated rings. The zero-order valence-electron chi connectivity index (χ0n) is 10.4. The van der Waals surface area contributed by atoms with Gasteiger partial charge in [-0.1, -0.05) is 0 Å². The topological polar surface area (TPSA) is 43.4 Å². The van der Waals surface area contributed by atoms with Crippen molar-refractivity contribution in [1.82, 2.24) is 0 Å². The first-order chi connectivity index (χ1) is 8.30. The van der Waals surface area contributed by atoms with E-state index >= 15 is 0 Å². The van der Waals surface area contributed by atoms with Gasteiger partial charge in [-0.15, -0.1) is 0 Å². The number of hydrogen-bond donors (Lipinski definition) is 0. The van der Waals surface area contributed by atoms with Crippen LogP contribution in [0.2, 0.25) is 0 Å². The van der Waals surface area contributed by atoms with Crippen LogP contribution in [0.25, 0.3) is 0 Å². The highest BCUT2D eigenvalue weighted by atomic mass is 19.2. The van der Waals surface area contributed by atoms with Crippen LogP contribution in [-0.2, 0) is 9.53 Å². The number of ketones is 1. The fraction of sp³-hybridized carbons (Fsp3) is 0.385. The van der Waals surface area contributed by atoms with E-state index in [1.54, 1.807) is 6.92 Å². The highest BCUT2D eigenvalue weighted by molar-refractivity contribution is 6.11. The summed E-state index contributed by atoms with van der Waals surface area (Å²) in [6, 6.07) is 2.77. The van der Waals surface area contributed by atoms with Gasteiger partial charge in [-0.2, -0.15) is 0 Å². The van der Waals surface area contributed by atoms with Gasteiger partial charge in [0.05, 0.1) is 6.61 Å². The van der Waals surface area contributed by atoms with Gasteiger partial charge in [-0.25, -0.2) is 8.78 Å². The summed E-state index contributed by atoms with van der Waals surface area (Å²) in [4.78, 5) is 23.7. The van der Waals surface area contributed by atoms with Gasteiger partial charge in [-0.05, 0) is 39.0 Å². The minimum Gasteiger partial charge on any atom is -0.465 e. The molecule has 1 aromatic carbocycles. The third-order valence-electron chi connectivity index (χ3n) is 2.54. The Morgan fingerprint density at radius 1 is 1.22 bits per heavy atom. The molecule has 0 aromatic heterocycles. The third-order valence-corrected chi connectivity index (χ3v) is 2.54. The summed E-state index contributed by atoms with van der Waals surface area (Å²) < 4.78 is 30.6. The van der Waals surface area contributed by atoms with Crippen LogP contribution in [-0.4, -0.2) is 18.4 Å². The monoisotopic (exact) mass is 256 g/mol. The third kappa shape index (κ3) is 2.72. The number of esters is 1. The quantitative estimate of drug-likeness (QED) is 0.472. The van der Waals surface area contributed by atoms with E-state index in [2.05, 4.69) is 0 Å². The van der Waals surface area contributed by atoms with Gasteiger partial charge < -0.3 is 4.74 Å². The van der Waals surface area contributed by atoms with Crippen LogP contribution in [0.15, 0.2) is 18.2 Å². The van der Waals surface area contributed by atoms with Crippen molar-refractivity contribution in [2.24, 2.45) is 5.41 Å². The fourth-order valence-electron chi connectivity index (χ4n) is 1.40. The van der Waals surface area contributed by atoms with Crippen molar-refractivity contribution in [1.29, 1.82) is 0 Å². The molecule has 5 heteroatoms. The molecule has 3 nitrogen and oxygen atoms in total. The average molecular weight is 256 g/mol. The SMILES string of the molecule is CCOC(=O)C(C)(C)C(=O)c1ccc(F)c(F)c1. The Kier molecular flexibility index (Phi) is 4.16. The van der Waals surface area contributed by atoms with Crippen LogP contribution in [0.4, 0.5) is 8.78 Å². The van der Waals surface area contributed by atoms with Crippen LogP contribution >= 0.6 is 0 Å². The molecule has 18 heavy (non-hydrogen) atoms. The minimum absolute atomic E-state index is 0.0630. The number of halogens is 2. The maximum atomic E-state index is 13.0. The Balaban J connectivity index is 3.05. The van der Waals surface area contributed by atoms with Gasteiger partial charge in [0.15, 0.2) is 17.4 Å². The smallest absolute Gasteiger partial charge is 0.319 e. The van der Waals surface area contributed by atoms with E-state index < -0.39 is 28.8 Å². The second-order valence-electron chi connectivity index (χ2n) is 4.30. The Morgan fingerprint density at radius 3 is 2.33 bits per heavy atom. The van der Waals surface area contributed by atoms with Crippen LogP contribution in [0, 0.1) is 17.0 Å². The fourth-order valence-corrected chi connectivity index (χ4v) is 1.40. The van der Waals surface area contributed by atoms with Gasteiger partial charge in [0.25, 0.3) is 0 Å². The number of Topliss-reactive ketones (excluding diaryl/α,β-unsaturated/α-hetero) is 1. The summed E-state index contributed by atoms with van der Waals surface area (Å²) in [5.74, 6) is -3.47. The lowest BCUT2D eigenvalue weighted by Gasteiger charge is -2.20. The number of benzene rings is 1. The van der Waals surface area contributed by atoms with E-state index in [0.717, 1.165) is 18.2 Å². The number of rotatable bonds is 4. The molecular formula is C13H14F2O3. The molecule has 0 heterocycles. The Bertz CT molecular complexity index is 481. The van der Waals surface area contributed by atoms with E-state index in [-0.39, 0.29) is 12.2 Å². The Hall–Kier alpha value is -1.78. The van der Waals surface area contributed by atoms with Crippen LogP contribution < -0.4 is 0 Å². The van der Waals surface area contributed by atoms with Crippen molar-refractivity contribution in [3.63, 3.8) is 0 Å². The first-order valence-corrected chi connectivity index (χ1v) is 5.47. The molecule has 0 N–H and O–H groups in total. The minimum atomic E-state index is -1.43. The van der Waals surface area contributed by atoms with Gasteiger partial charge in [0.1, 0.15) is 5.41 Å². The first kappa shape index (κ1) is 14.3. The maximum absolute atomic E-state index is 13.0. The molecule has 0 unspecified atom stereocenters. The highest BCUT2D eigenvalue weighted by Gasteiger charge is 2.38. The Morgan fingerprint density at radius 2 is 1.83 bits per heavy atom. The van der Waals surface area contributed by atoms with Crippen molar-refractivity contribution in [3.05, 3.63) is 35.4 Å². The second-order valence-corrected chi connectivity index (χ2v) is 4.30. The predicted molar refractivity (Wildman–Crippen MR) is 61.1 cm³/mol. The molecule has 0 aliphatic rings. The molecule has 0 radical (unpaired) electrons. The summed E-state index contributed by atoms with van der Waals surface area (Å²) in [5, 5.41) is 0. The van der Waals surface area contributed by atoms with Crippen LogP contribution in [0.3, 0.4) is 0 Å². The molecular weight excluding hydrogens is 242 g/mol. The highest BCUT2D eigenvalue weighted by Crippen LogP contribution is 2.24. The van der Waals surface area contributed by atoms with Crippen molar-refractivity contribution in [2.75, 3.05) is 6.61 Å². The van der Waals surface area contributed by atoms with E-state index in [9.17, 15) is 18.4 Å². The first-order valence-electron chi connectivity index (χ1n) is 5.47. The molecule has 0 saturated carbocycles. The zero-order valence-corrected chi connectivity index (χ0v) is 10.4. The second kappa shape index (κ2) is 5.25. The van der Waals surface area contributed by atoms with Gasteiger partial charge >= 0.3 is 5.97 Å². The maximum Gasteiger partial charge on any atom is 0.319 e. The number of hydrogen-bond acceptors (Lipinski definition) is 3. The van der Waals surface area contributed by atoms with Crippen molar-refractivity contribution in [2.45, 2.75) is 20.8 Å². The molecule has 0 aliphatic carbocycles. The summed E-state index contributed by atoms with van der Waals surface area (Å²) in [5.41, 5.74) is -1.49. The van der Waals surface area contributed by atoms with Crippen molar-refractivity contribution < 1.29 is 23.1 Å². The lowest BCUT2D eigenvalue weighted by Crippen LogP contribution is -2.35. The summed E-state index contributed by atoms with van der Waals surface area (Å²) >= 11 is 0. The number of carbonyl (C=O) groups is 2. The van der Waals surface area contributed by atoms with E-state index in [4.69, 9.17) is 4.74 Å². The molecule has 0 spiro atoms. The van der Waals surface area contributed by atoms with Crippen LogP contribution in [0.1, 0.15) is 31.1 Å². The molecule has 0 bridgehead atoms. The van der Waals surface area contributed by atoms with Crippen molar-refractivity contribution in [3.8, 4) is 0 Å². The van der Waals surface area contributed by atoms with Gasteiger partial charge in [-0.3, -0.25) is 9.59 Å². The number of carbonyl (C=O) groups excluding carboxylic acids is 2. The molecule has 0 atom stereocenters. The average Bonchev–Trinajstić information content (AvgIpc) is 2.32. The molecule has 0 saturated heterocycles. The lowest BCUT2D eigenvalue weighted by atomic mass is 9.84. The van der Waals surface area contributed by atoms with E-state index in [1.807, 2.05) is 0 Å². The van der Waals surface area contributed by atoms with Crippen molar-refractivity contribution >= 4 is 11.8 Å². The van der Waals surface area contributed by atoms with E-state index in [0.29, 0.717) is 0 Å². The van der Waals surface area contributed by atoms with Gasteiger partial charge in [0, 0.05) is 5.56 Å². The number of ether oxygens (including phenoxy) is 1. The molecule has 1 aromatic rings. The molecule has 98 valence electrons. The van der Waals surface area contributed by atoms with Gasteiger partial charge in [0.2, 0.25) is 0 Å². The van der Waals surface area contributed by atoms with Crippen LogP contribution in [0.5, 0.6) is 0 Å². The normalized spacial score (nSPS) is 11.2. The zero-order chi connectivity index (χ0) is 13.9. The molecule has 1 rings (SSSR count). The summed E-state index contributed by atoms with van der Waals surface area (Å²) in [7, 11) is 0. The standard InChI is InChI=1S/C13H14F2O3/c1-4-18-12(17)13(2,3)11(16)8-5-6-9(14)10(15)7-8/h5-7H,4H2,1-3H3. The summed E-state index contributed by atoms with van der Waals surface area (Å²) in [6.07, 6.45) is 0. The van der Waals surface area contributed by atoms with E-state index in [1.165, 1.54) is 13.8 Å². The molecule has 0 aliphatic heterocycles.